The SMILES string of the molecule is O=C(NCCCO)C1CC=CCC1. The number of aliphatic hydroxyl groups is 1. The summed E-state index contributed by atoms with van der Waals surface area (Å²) in [7, 11) is 0. The average Bonchev–Trinajstić information content (AvgIpc) is 2.19. The van der Waals surface area contributed by atoms with E-state index in [1.54, 1.807) is 0 Å². The summed E-state index contributed by atoms with van der Waals surface area (Å²) < 4.78 is 0. The molecule has 0 saturated carbocycles. The molecule has 74 valence electrons. The van der Waals surface area contributed by atoms with E-state index >= 15 is 0 Å². The zero-order valence-corrected chi connectivity index (χ0v) is 7.83. The van der Waals surface area contributed by atoms with Crippen LogP contribution in [0.25, 0.3) is 0 Å². The van der Waals surface area contributed by atoms with Gasteiger partial charge in [-0.25, -0.2) is 0 Å². The Labute approximate surface area is 78.8 Å². The lowest BCUT2D eigenvalue weighted by Gasteiger charge is -2.16. The third-order valence-corrected chi connectivity index (χ3v) is 2.27. The number of rotatable bonds is 4. The third kappa shape index (κ3) is 3.59. The van der Waals surface area contributed by atoms with Crippen LogP contribution in [0.5, 0.6) is 0 Å². The van der Waals surface area contributed by atoms with Gasteiger partial charge in [0.25, 0.3) is 0 Å². The van der Waals surface area contributed by atoms with Crippen molar-refractivity contribution in [3.8, 4) is 0 Å². The molecule has 0 aromatic carbocycles. The van der Waals surface area contributed by atoms with Gasteiger partial charge in [-0.15, -0.1) is 0 Å². The van der Waals surface area contributed by atoms with Gasteiger partial charge in [0.05, 0.1) is 0 Å². The fourth-order valence-electron chi connectivity index (χ4n) is 1.47. The molecule has 0 fully saturated rings. The van der Waals surface area contributed by atoms with Crippen LogP contribution in [0.1, 0.15) is 25.7 Å². The van der Waals surface area contributed by atoms with E-state index in [2.05, 4.69) is 17.5 Å². The number of hydrogen-bond donors (Lipinski definition) is 2. The molecule has 1 atom stereocenters. The summed E-state index contributed by atoms with van der Waals surface area (Å²) in [5.41, 5.74) is 0. The van der Waals surface area contributed by atoms with Crippen molar-refractivity contribution in [2.75, 3.05) is 13.2 Å². The highest BCUT2D eigenvalue weighted by atomic mass is 16.3. The molecule has 1 aliphatic rings. The van der Waals surface area contributed by atoms with Gasteiger partial charge in [-0.1, -0.05) is 12.2 Å². The molecule has 0 aliphatic heterocycles. The van der Waals surface area contributed by atoms with Gasteiger partial charge in [-0.05, 0) is 25.7 Å². The molecule has 1 amide bonds. The van der Waals surface area contributed by atoms with Gasteiger partial charge in [-0.3, -0.25) is 4.79 Å². The van der Waals surface area contributed by atoms with Crippen LogP contribution >= 0.6 is 0 Å². The summed E-state index contributed by atoms with van der Waals surface area (Å²) in [5.74, 6) is 0.293. The number of allylic oxidation sites excluding steroid dienone is 2. The van der Waals surface area contributed by atoms with Crippen LogP contribution < -0.4 is 5.32 Å². The molecule has 2 N–H and O–H groups in total. The van der Waals surface area contributed by atoms with Gasteiger partial charge in [0.1, 0.15) is 0 Å². The third-order valence-electron chi connectivity index (χ3n) is 2.27. The van der Waals surface area contributed by atoms with Gasteiger partial charge >= 0.3 is 0 Å². The largest absolute Gasteiger partial charge is 0.396 e. The van der Waals surface area contributed by atoms with Crippen molar-refractivity contribution in [2.24, 2.45) is 5.92 Å². The van der Waals surface area contributed by atoms with Crippen LogP contribution in [-0.4, -0.2) is 24.2 Å². The minimum Gasteiger partial charge on any atom is -0.396 e. The van der Waals surface area contributed by atoms with Crippen LogP contribution in [0.4, 0.5) is 0 Å². The maximum Gasteiger partial charge on any atom is 0.223 e. The van der Waals surface area contributed by atoms with E-state index in [-0.39, 0.29) is 18.4 Å². The topological polar surface area (TPSA) is 49.3 Å². The van der Waals surface area contributed by atoms with E-state index in [1.165, 1.54) is 0 Å². The first-order valence-electron chi connectivity index (χ1n) is 4.88. The van der Waals surface area contributed by atoms with E-state index in [4.69, 9.17) is 5.11 Å². The molecule has 0 heterocycles. The Morgan fingerprint density at radius 2 is 2.38 bits per heavy atom. The number of carbonyl (C=O) groups excluding carboxylic acids is 1. The highest BCUT2D eigenvalue weighted by molar-refractivity contribution is 5.78. The van der Waals surface area contributed by atoms with E-state index < -0.39 is 0 Å². The lowest BCUT2D eigenvalue weighted by Crippen LogP contribution is -2.32. The molecule has 1 unspecified atom stereocenters. The Morgan fingerprint density at radius 1 is 1.54 bits per heavy atom. The summed E-state index contributed by atoms with van der Waals surface area (Å²) in [6.45, 7) is 0.737. The van der Waals surface area contributed by atoms with Gasteiger partial charge in [0, 0.05) is 19.1 Å². The molecule has 0 aromatic heterocycles. The predicted octanol–water partition coefficient (Wildman–Crippen LogP) is 0.841. The normalized spacial score (nSPS) is 21.5. The fraction of sp³-hybridized carbons (Fsp3) is 0.700. The summed E-state index contributed by atoms with van der Waals surface area (Å²) in [5, 5.41) is 11.3. The molecule has 3 heteroatoms. The van der Waals surface area contributed by atoms with Crippen molar-refractivity contribution in [1.82, 2.24) is 5.32 Å². The summed E-state index contributed by atoms with van der Waals surface area (Å²) in [6.07, 6.45) is 7.68. The lowest BCUT2D eigenvalue weighted by molar-refractivity contribution is -0.125. The zero-order valence-electron chi connectivity index (χ0n) is 7.83. The Hall–Kier alpha value is -0.830. The minimum atomic E-state index is 0.137. The standard InChI is InChI=1S/C10H17NO2/c12-8-4-7-11-10(13)9-5-2-1-3-6-9/h1-2,9,12H,3-8H2,(H,11,13). The fourth-order valence-corrected chi connectivity index (χ4v) is 1.47. The Balaban J connectivity index is 2.18. The molecular weight excluding hydrogens is 166 g/mol. The molecule has 0 aromatic rings. The minimum absolute atomic E-state index is 0.137. The quantitative estimate of drug-likeness (QED) is 0.501. The van der Waals surface area contributed by atoms with E-state index in [1.807, 2.05) is 0 Å². The van der Waals surface area contributed by atoms with Crippen LogP contribution in [0.3, 0.4) is 0 Å². The van der Waals surface area contributed by atoms with E-state index in [9.17, 15) is 4.79 Å². The molecule has 0 bridgehead atoms. The van der Waals surface area contributed by atoms with Crippen molar-refractivity contribution < 1.29 is 9.90 Å². The molecule has 0 saturated heterocycles. The second kappa shape index (κ2) is 5.75. The van der Waals surface area contributed by atoms with Crippen molar-refractivity contribution in [3.63, 3.8) is 0 Å². The molecule has 13 heavy (non-hydrogen) atoms. The van der Waals surface area contributed by atoms with Crippen molar-refractivity contribution in [2.45, 2.75) is 25.7 Å². The maximum absolute atomic E-state index is 11.4. The Bertz CT molecular complexity index is 189. The smallest absolute Gasteiger partial charge is 0.223 e. The Morgan fingerprint density at radius 3 is 3.00 bits per heavy atom. The van der Waals surface area contributed by atoms with Gasteiger partial charge in [0.15, 0.2) is 0 Å². The van der Waals surface area contributed by atoms with E-state index in [0.29, 0.717) is 13.0 Å². The second-order valence-corrected chi connectivity index (χ2v) is 3.35. The number of hydrogen-bond acceptors (Lipinski definition) is 2. The number of amides is 1. The molecule has 1 aliphatic carbocycles. The summed E-state index contributed by atoms with van der Waals surface area (Å²) >= 11 is 0. The first kappa shape index (κ1) is 10.3. The average molecular weight is 183 g/mol. The Kier molecular flexibility index (Phi) is 4.54. The monoisotopic (exact) mass is 183 g/mol. The number of aliphatic hydroxyl groups excluding tert-OH is 1. The maximum atomic E-state index is 11.4. The predicted molar refractivity (Wildman–Crippen MR) is 51.2 cm³/mol. The second-order valence-electron chi connectivity index (χ2n) is 3.35. The van der Waals surface area contributed by atoms with Gasteiger partial charge < -0.3 is 10.4 Å². The van der Waals surface area contributed by atoms with Crippen LogP contribution in [-0.2, 0) is 4.79 Å². The number of carbonyl (C=O) groups is 1. The van der Waals surface area contributed by atoms with Crippen LogP contribution in [0.2, 0.25) is 0 Å². The summed E-state index contributed by atoms with van der Waals surface area (Å²) in [6, 6.07) is 0. The number of nitrogens with one attached hydrogen (secondary N) is 1. The molecular formula is C10H17NO2. The van der Waals surface area contributed by atoms with Crippen molar-refractivity contribution >= 4 is 5.91 Å². The van der Waals surface area contributed by atoms with Gasteiger partial charge in [0.2, 0.25) is 5.91 Å². The van der Waals surface area contributed by atoms with Gasteiger partial charge in [-0.2, -0.15) is 0 Å². The molecule has 3 nitrogen and oxygen atoms in total. The lowest BCUT2D eigenvalue weighted by atomic mass is 9.94. The highest BCUT2D eigenvalue weighted by Crippen LogP contribution is 2.17. The first-order chi connectivity index (χ1) is 6.34. The first-order valence-corrected chi connectivity index (χ1v) is 4.88. The molecule has 0 radical (unpaired) electrons. The van der Waals surface area contributed by atoms with Crippen LogP contribution in [0, 0.1) is 5.92 Å². The van der Waals surface area contributed by atoms with Crippen LogP contribution in [0.15, 0.2) is 12.2 Å². The van der Waals surface area contributed by atoms with Crippen molar-refractivity contribution in [1.29, 1.82) is 0 Å². The van der Waals surface area contributed by atoms with Crippen molar-refractivity contribution in [3.05, 3.63) is 12.2 Å². The molecule has 0 spiro atoms. The summed E-state index contributed by atoms with van der Waals surface area (Å²) in [4.78, 5) is 11.4. The highest BCUT2D eigenvalue weighted by Gasteiger charge is 2.17. The zero-order chi connectivity index (χ0) is 9.52. The van der Waals surface area contributed by atoms with E-state index in [0.717, 1.165) is 19.3 Å². The molecule has 1 rings (SSSR count).